The molecule has 0 bridgehead atoms. The maximum atomic E-state index is 12.6. The summed E-state index contributed by atoms with van der Waals surface area (Å²) in [6, 6.07) is 2.79. The molecule has 0 heterocycles. The number of aryl methyl sites for hydroxylation is 3. The number of carbonyl (C=O) groups excluding carboxylic acids is 1. The molecule has 0 radical (unpaired) electrons. The van der Waals surface area contributed by atoms with Crippen molar-refractivity contribution in [2.75, 3.05) is 13.2 Å². The van der Waals surface area contributed by atoms with Crippen molar-refractivity contribution in [3.63, 3.8) is 0 Å². The van der Waals surface area contributed by atoms with E-state index in [9.17, 15) is 13.2 Å². The molecule has 142 valence electrons. The van der Waals surface area contributed by atoms with Gasteiger partial charge in [-0.15, -0.1) is 0 Å². The molecule has 6 nitrogen and oxygen atoms in total. The molecular formula is C18H30N2O4S. The zero-order valence-corrected chi connectivity index (χ0v) is 16.8. The number of nitrogens with one attached hydrogen (secondary N) is 2. The molecular weight excluding hydrogens is 340 g/mol. The number of benzene rings is 1. The van der Waals surface area contributed by atoms with E-state index in [1.54, 1.807) is 13.8 Å². The minimum Gasteiger partial charge on any atom is -0.379 e. The quantitative estimate of drug-likeness (QED) is 0.653. The van der Waals surface area contributed by atoms with Crippen molar-refractivity contribution in [3.8, 4) is 0 Å². The first-order valence-corrected chi connectivity index (χ1v) is 10.0. The van der Waals surface area contributed by atoms with Crippen molar-refractivity contribution in [1.29, 1.82) is 0 Å². The van der Waals surface area contributed by atoms with Gasteiger partial charge < -0.3 is 10.1 Å². The van der Waals surface area contributed by atoms with E-state index in [-0.39, 0.29) is 16.9 Å². The van der Waals surface area contributed by atoms with Crippen LogP contribution in [0.2, 0.25) is 0 Å². The number of sulfonamides is 1. The molecule has 1 amide bonds. The normalized spacial score (nSPS) is 13.1. The molecule has 0 saturated carbocycles. The van der Waals surface area contributed by atoms with Gasteiger partial charge in [0.15, 0.2) is 0 Å². The minimum atomic E-state index is -3.76. The predicted octanol–water partition coefficient (Wildman–Crippen LogP) is 2.21. The monoisotopic (exact) mass is 370 g/mol. The number of hydrogen-bond donors (Lipinski definition) is 2. The third-order valence-electron chi connectivity index (χ3n) is 3.67. The Morgan fingerprint density at radius 2 is 1.68 bits per heavy atom. The smallest absolute Gasteiger partial charge is 0.241 e. The Labute approximate surface area is 151 Å². The van der Waals surface area contributed by atoms with Gasteiger partial charge in [-0.25, -0.2) is 8.42 Å². The zero-order chi connectivity index (χ0) is 19.2. The Hall–Kier alpha value is -1.44. The first-order valence-electron chi connectivity index (χ1n) is 8.54. The highest BCUT2D eigenvalue weighted by Crippen LogP contribution is 2.21. The number of amides is 1. The van der Waals surface area contributed by atoms with Crippen LogP contribution in [0.1, 0.15) is 43.9 Å². The Morgan fingerprint density at radius 3 is 2.20 bits per heavy atom. The largest absolute Gasteiger partial charge is 0.379 e. The van der Waals surface area contributed by atoms with Gasteiger partial charge in [0.05, 0.1) is 17.0 Å². The Morgan fingerprint density at radius 1 is 1.12 bits per heavy atom. The van der Waals surface area contributed by atoms with Crippen molar-refractivity contribution in [3.05, 3.63) is 28.8 Å². The highest BCUT2D eigenvalue weighted by atomic mass is 32.2. The summed E-state index contributed by atoms with van der Waals surface area (Å²) in [7, 11) is -3.76. The maximum absolute atomic E-state index is 12.6. The molecule has 0 fully saturated rings. The average molecular weight is 371 g/mol. The minimum absolute atomic E-state index is 0.155. The highest BCUT2D eigenvalue weighted by molar-refractivity contribution is 7.89. The van der Waals surface area contributed by atoms with Gasteiger partial charge in [0.2, 0.25) is 15.9 Å². The van der Waals surface area contributed by atoms with Crippen molar-refractivity contribution in [1.82, 2.24) is 10.0 Å². The van der Waals surface area contributed by atoms with E-state index in [4.69, 9.17) is 4.74 Å². The first kappa shape index (κ1) is 21.6. The van der Waals surface area contributed by atoms with Crippen molar-refractivity contribution in [2.45, 2.75) is 65.0 Å². The van der Waals surface area contributed by atoms with Gasteiger partial charge in [0.25, 0.3) is 0 Å². The Bertz CT molecular complexity index is 676. The molecule has 0 aliphatic carbocycles. The summed E-state index contributed by atoms with van der Waals surface area (Å²) in [5, 5.41) is 2.72. The number of hydrogen-bond acceptors (Lipinski definition) is 4. The molecule has 2 N–H and O–H groups in total. The molecule has 1 aromatic carbocycles. The van der Waals surface area contributed by atoms with E-state index < -0.39 is 16.1 Å². The molecule has 1 unspecified atom stereocenters. The van der Waals surface area contributed by atoms with Crippen molar-refractivity contribution >= 4 is 15.9 Å². The second-order valence-corrected chi connectivity index (χ2v) is 8.29. The lowest BCUT2D eigenvalue weighted by atomic mass is 10.1. The molecule has 7 heteroatoms. The van der Waals surface area contributed by atoms with Crippen LogP contribution in [-0.4, -0.2) is 39.6 Å². The molecule has 0 aromatic heterocycles. The summed E-state index contributed by atoms with van der Waals surface area (Å²) in [5.74, 6) is -0.351. The second-order valence-electron chi connectivity index (χ2n) is 6.63. The Balaban J connectivity index is 2.66. The van der Waals surface area contributed by atoms with Gasteiger partial charge in [-0.3, -0.25) is 4.79 Å². The molecule has 0 saturated heterocycles. The summed E-state index contributed by atoms with van der Waals surface area (Å²) in [4.78, 5) is 12.3. The Kier molecular flexibility index (Phi) is 8.05. The topological polar surface area (TPSA) is 84.5 Å². The van der Waals surface area contributed by atoms with E-state index >= 15 is 0 Å². The van der Waals surface area contributed by atoms with Crippen LogP contribution in [0.5, 0.6) is 0 Å². The standard InChI is InChI=1S/C18H30N2O4S/c1-12(2)24-9-7-8-19-18(21)16(6)20-25(22,23)17-14(4)10-13(3)11-15(17)5/h10-12,16,20H,7-9H2,1-6H3,(H,19,21). The first-order chi connectivity index (χ1) is 11.5. The number of ether oxygens (including phenoxy) is 1. The average Bonchev–Trinajstić information content (AvgIpc) is 2.44. The van der Waals surface area contributed by atoms with Gasteiger partial charge in [-0.1, -0.05) is 17.7 Å². The molecule has 1 atom stereocenters. The zero-order valence-electron chi connectivity index (χ0n) is 16.0. The van der Waals surface area contributed by atoms with Crippen LogP contribution in [0.25, 0.3) is 0 Å². The van der Waals surface area contributed by atoms with Crippen LogP contribution in [-0.2, 0) is 19.6 Å². The highest BCUT2D eigenvalue weighted by Gasteiger charge is 2.25. The van der Waals surface area contributed by atoms with Crippen LogP contribution in [0.15, 0.2) is 17.0 Å². The maximum Gasteiger partial charge on any atom is 0.241 e. The lowest BCUT2D eigenvalue weighted by Crippen LogP contribution is -2.45. The van der Waals surface area contributed by atoms with Gasteiger partial charge in [0.1, 0.15) is 0 Å². The van der Waals surface area contributed by atoms with Crippen LogP contribution in [0.4, 0.5) is 0 Å². The molecule has 0 spiro atoms. The summed E-state index contributed by atoms with van der Waals surface area (Å²) in [6.07, 6.45) is 0.835. The second kappa shape index (κ2) is 9.31. The lowest BCUT2D eigenvalue weighted by molar-refractivity contribution is -0.122. The summed E-state index contributed by atoms with van der Waals surface area (Å²) < 4.78 is 33.1. The molecule has 25 heavy (non-hydrogen) atoms. The van der Waals surface area contributed by atoms with E-state index in [0.29, 0.717) is 30.7 Å². The van der Waals surface area contributed by atoms with Crippen LogP contribution < -0.4 is 10.0 Å². The fraction of sp³-hybridized carbons (Fsp3) is 0.611. The van der Waals surface area contributed by atoms with Crippen molar-refractivity contribution in [2.24, 2.45) is 0 Å². The van der Waals surface area contributed by atoms with E-state index in [1.165, 1.54) is 6.92 Å². The molecule has 0 aliphatic rings. The third-order valence-corrected chi connectivity index (χ3v) is 5.52. The predicted molar refractivity (Wildman–Crippen MR) is 99.2 cm³/mol. The van der Waals surface area contributed by atoms with E-state index in [1.807, 2.05) is 32.9 Å². The molecule has 1 aromatic rings. The summed E-state index contributed by atoms with van der Waals surface area (Å²) >= 11 is 0. The SMILES string of the molecule is Cc1cc(C)c(S(=O)(=O)NC(C)C(=O)NCCCOC(C)C)c(C)c1. The lowest BCUT2D eigenvalue weighted by Gasteiger charge is -2.17. The van der Waals surface area contributed by atoms with Gasteiger partial charge in [0, 0.05) is 13.2 Å². The van der Waals surface area contributed by atoms with Crippen LogP contribution >= 0.6 is 0 Å². The van der Waals surface area contributed by atoms with Gasteiger partial charge in [-0.2, -0.15) is 4.72 Å². The van der Waals surface area contributed by atoms with E-state index in [0.717, 1.165) is 5.56 Å². The summed E-state index contributed by atoms with van der Waals surface area (Å²) in [6.45, 7) is 11.9. The fourth-order valence-electron chi connectivity index (χ4n) is 2.69. The summed E-state index contributed by atoms with van der Waals surface area (Å²) in [5.41, 5.74) is 2.34. The molecule has 0 aliphatic heterocycles. The van der Waals surface area contributed by atoms with Crippen LogP contribution in [0.3, 0.4) is 0 Å². The number of rotatable bonds is 9. The fourth-order valence-corrected chi connectivity index (χ4v) is 4.35. The number of carbonyl (C=O) groups is 1. The third kappa shape index (κ3) is 6.76. The molecule has 1 rings (SSSR count). The van der Waals surface area contributed by atoms with Crippen molar-refractivity contribution < 1.29 is 17.9 Å². The van der Waals surface area contributed by atoms with Gasteiger partial charge in [-0.05, 0) is 59.1 Å². The van der Waals surface area contributed by atoms with E-state index in [2.05, 4.69) is 10.0 Å². The van der Waals surface area contributed by atoms with Gasteiger partial charge >= 0.3 is 0 Å². The van der Waals surface area contributed by atoms with Crippen LogP contribution in [0, 0.1) is 20.8 Å².